The fraction of sp³-hybridized carbons (Fsp3) is 0.750. The third-order valence-corrected chi connectivity index (χ3v) is 3.81. The molecule has 0 aromatic heterocycles. The number of halogens is 3. The summed E-state index contributed by atoms with van der Waals surface area (Å²) < 4.78 is 37.8. The number of hydrogen-bond donors (Lipinski definition) is 3. The van der Waals surface area contributed by atoms with Gasteiger partial charge in [-0.15, -0.1) is 0 Å². The van der Waals surface area contributed by atoms with Gasteiger partial charge >= 0.3 is 12.1 Å². The Hall–Kier alpha value is -1.45. The van der Waals surface area contributed by atoms with Crippen LogP contribution in [0.5, 0.6) is 0 Å². The number of carbonyl (C=O) groups excluding carboxylic acids is 2. The minimum absolute atomic E-state index is 0.200. The van der Waals surface area contributed by atoms with Gasteiger partial charge in [0.25, 0.3) is 0 Å². The Morgan fingerprint density at radius 1 is 1.41 bits per heavy atom. The maximum absolute atomic E-state index is 12.6. The van der Waals surface area contributed by atoms with Crippen LogP contribution in [0.2, 0.25) is 0 Å². The van der Waals surface area contributed by atoms with E-state index >= 15 is 0 Å². The summed E-state index contributed by atoms with van der Waals surface area (Å²) in [5.41, 5.74) is 0. The van der Waals surface area contributed by atoms with E-state index in [9.17, 15) is 27.6 Å². The molecular weight excluding hydrogens is 325 g/mol. The van der Waals surface area contributed by atoms with Gasteiger partial charge in [0.15, 0.2) is 0 Å². The zero-order chi connectivity index (χ0) is 17.1. The van der Waals surface area contributed by atoms with Gasteiger partial charge in [-0.25, -0.2) is 4.79 Å². The van der Waals surface area contributed by atoms with Crippen LogP contribution < -0.4 is 5.32 Å². The molecule has 22 heavy (non-hydrogen) atoms. The minimum Gasteiger partial charge on any atom is -0.480 e. The number of alkyl halides is 3. The summed E-state index contributed by atoms with van der Waals surface area (Å²) in [6, 6.07) is -2.24. The monoisotopic (exact) mass is 342 g/mol. The van der Waals surface area contributed by atoms with E-state index in [2.05, 4.69) is 12.6 Å². The molecule has 126 valence electrons. The first-order chi connectivity index (χ1) is 10.1. The van der Waals surface area contributed by atoms with Crippen LogP contribution in [0.1, 0.15) is 19.8 Å². The second-order valence-electron chi connectivity index (χ2n) is 5.03. The molecule has 1 heterocycles. The first-order valence-electron chi connectivity index (χ1n) is 6.60. The molecule has 0 unspecified atom stereocenters. The molecule has 1 aliphatic rings. The van der Waals surface area contributed by atoms with Crippen LogP contribution >= 0.6 is 12.6 Å². The topological polar surface area (TPSA) is 86.7 Å². The van der Waals surface area contributed by atoms with Crippen molar-refractivity contribution in [2.75, 3.05) is 12.3 Å². The van der Waals surface area contributed by atoms with E-state index in [1.807, 2.05) is 5.32 Å². The molecule has 10 heteroatoms. The maximum Gasteiger partial charge on any atom is 0.401 e. The molecular formula is C12H17F3N2O4S. The predicted octanol–water partition coefficient (Wildman–Crippen LogP) is 0.675. The second-order valence-corrected chi connectivity index (χ2v) is 5.40. The molecule has 2 amide bonds. The summed E-state index contributed by atoms with van der Waals surface area (Å²) in [4.78, 5) is 35.8. The smallest absolute Gasteiger partial charge is 0.401 e. The predicted molar refractivity (Wildman–Crippen MR) is 73.4 cm³/mol. The number of aliphatic carboxylic acids is 1. The first-order valence-corrected chi connectivity index (χ1v) is 7.24. The van der Waals surface area contributed by atoms with Gasteiger partial charge in [-0.3, -0.25) is 9.59 Å². The third-order valence-electron chi connectivity index (χ3n) is 3.44. The van der Waals surface area contributed by atoms with E-state index < -0.39 is 47.7 Å². The Morgan fingerprint density at radius 2 is 2.00 bits per heavy atom. The van der Waals surface area contributed by atoms with E-state index in [0.717, 1.165) is 4.90 Å². The zero-order valence-electron chi connectivity index (χ0n) is 11.8. The molecule has 0 saturated carbocycles. The SMILES string of the molecule is C[C@H](NC(=O)[C@H](CS)C(F)(F)F)C(=O)N1CCC[C@H]1C(=O)O. The number of hydrogen-bond acceptors (Lipinski definition) is 4. The van der Waals surface area contributed by atoms with Crippen LogP contribution in [0.15, 0.2) is 0 Å². The molecule has 0 radical (unpaired) electrons. The maximum atomic E-state index is 12.6. The highest BCUT2D eigenvalue weighted by atomic mass is 32.1. The van der Waals surface area contributed by atoms with Crippen molar-refractivity contribution in [3.8, 4) is 0 Å². The lowest BCUT2D eigenvalue weighted by atomic mass is 10.1. The number of carboxylic acid groups (broad SMARTS) is 1. The van der Waals surface area contributed by atoms with Crippen LogP contribution in [0, 0.1) is 5.92 Å². The molecule has 0 spiro atoms. The largest absolute Gasteiger partial charge is 0.480 e. The van der Waals surface area contributed by atoms with Crippen LogP contribution in [0.3, 0.4) is 0 Å². The summed E-state index contributed by atoms with van der Waals surface area (Å²) in [5.74, 6) is -6.29. The van der Waals surface area contributed by atoms with Gasteiger partial charge in [-0.05, 0) is 19.8 Å². The minimum atomic E-state index is -4.76. The number of thiol groups is 1. The van der Waals surface area contributed by atoms with Crippen molar-refractivity contribution in [3.63, 3.8) is 0 Å². The lowest BCUT2D eigenvalue weighted by Crippen LogP contribution is -2.52. The summed E-state index contributed by atoms with van der Waals surface area (Å²) in [7, 11) is 0. The highest BCUT2D eigenvalue weighted by molar-refractivity contribution is 7.80. The number of carbonyl (C=O) groups is 3. The van der Waals surface area contributed by atoms with Crippen molar-refractivity contribution in [3.05, 3.63) is 0 Å². The number of carboxylic acids is 1. The number of likely N-dealkylation sites (tertiary alicyclic amines) is 1. The summed E-state index contributed by atoms with van der Waals surface area (Å²) in [6.45, 7) is 1.43. The van der Waals surface area contributed by atoms with Crippen molar-refractivity contribution in [1.29, 1.82) is 0 Å². The Morgan fingerprint density at radius 3 is 2.45 bits per heavy atom. The van der Waals surface area contributed by atoms with Crippen molar-refractivity contribution < 1.29 is 32.7 Å². The summed E-state index contributed by atoms with van der Waals surface area (Å²) >= 11 is 3.50. The molecule has 2 N–H and O–H groups in total. The molecule has 1 rings (SSSR count). The normalized spacial score (nSPS) is 21.3. The lowest BCUT2D eigenvalue weighted by Gasteiger charge is -2.26. The van der Waals surface area contributed by atoms with Gasteiger partial charge in [-0.2, -0.15) is 25.8 Å². The number of nitrogens with one attached hydrogen (secondary N) is 1. The van der Waals surface area contributed by atoms with Gasteiger partial charge in [-0.1, -0.05) is 0 Å². The number of amides is 2. The van der Waals surface area contributed by atoms with Gasteiger partial charge in [0.2, 0.25) is 11.8 Å². The molecule has 3 atom stereocenters. The molecule has 0 bridgehead atoms. The highest BCUT2D eigenvalue weighted by Crippen LogP contribution is 2.27. The fourth-order valence-electron chi connectivity index (χ4n) is 2.25. The molecule has 1 aliphatic heterocycles. The van der Waals surface area contributed by atoms with Crippen molar-refractivity contribution >= 4 is 30.4 Å². The molecule has 0 aromatic rings. The van der Waals surface area contributed by atoms with E-state index in [0.29, 0.717) is 6.42 Å². The highest BCUT2D eigenvalue weighted by Gasteiger charge is 2.45. The molecule has 0 aliphatic carbocycles. The lowest BCUT2D eigenvalue weighted by molar-refractivity contribution is -0.178. The average molecular weight is 342 g/mol. The first kappa shape index (κ1) is 18.6. The van der Waals surface area contributed by atoms with Crippen molar-refractivity contribution in [1.82, 2.24) is 10.2 Å². The molecule has 1 fully saturated rings. The van der Waals surface area contributed by atoms with Crippen molar-refractivity contribution in [2.24, 2.45) is 5.92 Å². The Kier molecular flexibility index (Phi) is 6.09. The quantitative estimate of drug-likeness (QED) is 0.641. The van der Waals surface area contributed by atoms with Crippen LogP contribution in [0.4, 0.5) is 13.2 Å². The third kappa shape index (κ3) is 4.28. The number of rotatable bonds is 5. The van der Waals surface area contributed by atoms with Gasteiger partial charge < -0.3 is 15.3 Å². The van der Waals surface area contributed by atoms with Gasteiger partial charge in [0.1, 0.15) is 18.0 Å². The Bertz CT molecular complexity index is 458. The van der Waals surface area contributed by atoms with E-state index in [4.69, 9.17) is 5.11 Å². The standard InChI is InChI=1S/C12H17F3N2O4S/c1-6(16-9(18)7(5-22)12(13,14)15)10(19)17-4-2-3-8(17)11(20)21/h6-8,22H,2-5H2,1H3,(H,16,18)(H,20,21)/t6-,7-,8-/m0/s1. The Balaban J connectivity index is 2.72. The zero-order valence-corrected chi connectivity index (χ0v) is 12.7. The van der Waals surface area contributed by atoms with E-state index in [1.54, 1.807) is 0 Å². The number of nitrogens with zero attached hydrogens (tertiary/aromatic N) is 1. The second kappa shape index (κ2) is 7.21. The summed E-state index contributed by atoms with van der Waals surface area (Å²) in [5, 5.41) is 11.0. The molecule has 1 saturated heterocycles. The van der Waals surface area contributed by atoms with Gasteiger partial charge in [0, 0.05) is 12.3 Å². The van der Waals surface area contributed by atoms with Crippen LogP contribution in [-0.2, 0) is 14.4 Å². The molecule has 0 aromatic carbocycles. The van der Waals surface area contributed by atoms with Crippen LogP contribution in [-0.4, -0.2) is 58.3 Å². The fourth-order valence-corrected chi connectivity index (χ4v) is 2.62. The summed E-state index contributed by atoms with van der Waals surface area (Å²) in [6.07, 6.45) is -3.99. The molecule has 6 nitrogen and oxygen atoms in total. The Labute approximate surface area is 130 Å². The van der Waals surface area contributed by atoms with E-state index in [-0.39, 0.29) is 13.0 Å². The van der Waals surface area contributed by atoms with Gasteiger partial charge in [0.05, 0.1) is 0 Å². The van der Waals surface area contributed by atoms with E-state index in [1.165, 1.54) is 6.92 Å². The average Bonchev–Trinajstić information content (AvgIpc) is 2.85. The van der Waals surface area contributed by atoms with Crippen molar-refractivity contribution in [2.45, 2.75) is 38.0 Å². The van der Waals surface area contributed by atoms with Crippen LogP contribution in [0.25, 0.3) is 0 Å².